The van der Waals surface area contributed by atoms with E-state index in [0.717, 1.165) is 47.8 Å². The smallest absolute Gasteiger partial charge is 0.416 e. The lowest BCUT2D eigenvalue weighted by Crippen LogP contribution is -2.38. The van der Waals surface area contributed by atoms with Crippen molar-refractivity contribution in [1.29, 1.82) is 0 Å². The van der Waals surface area contributed by atoms with Crippen LogP contribution in [0.15, 0.2) is 66.1 Å². The summed E-state index contributed by atoms with van der Waals surface area (Å²) in [5.74, 6) is -1.22. The number of carbonyl (C=O) groups is 2. The van der Waals surface area contributed by atoms with Gasteiger partial charge in [-0.1, -0.05) is 18.2 Å². The number of piperidine rings is 1. The zero-order chi connectivity index (χ0) is 25.6. The number of likely N-dealkylation sites (tertiary alicyclic amines) is 1. The van der Waals surface area contributed by atoms with Gasteiger partial charge < -0.3 is 9.64 Å². The fourth-order valence-corrected chi connectivity index (χ4v) is 5.13. The number of esters is 1. The number of alkyl halides is 3. The van der Waals surface area contributed by atoms with Crippen LogP contribution in [-0.2, 0) is 25.7 Å². The fourth-order valence-electron chi connectivity index (χ4n) is 3.65. The number of halogens is 3. The van der Waals surface area contributed by atoms with E-state index in [9.17, 15) is 31.2 Å². The Morgan fingerprint density at radius 1 is 1.06 bits per heavy atom. The summed E-state index contributed by atoms with van der Waals surface area (Å²) >= 11 is 0. The lowest BCUT2D eigenvalue weighted by molar-refractivity contribution is -0.137. The van der Waals surface area contributed by atoms with E-state index in [4.69, 9.17) is 4.74 Å². The molecule has 0 radical (unpaired) electrons. The van der Waals surface area contributed by atoms with Crippen molar-refractivity contribution in [3.8, 4) is 0 Å². The number of anilines is 1. The van der Waals surface area contributed by atoms with Crippen molar-refractivity contribution in [3.05, 3.63) is 72.3 Å². The molecular weight excluding hydrogens is 485 g/mol. The molecule has 0 aliphatic carbocycles. The molecule has 0 unspecified atom stereocenters. The van der Waals surface area contributed by atoms with Crippen LogP contribution in [0.1, 0.15) is 35.2 Å². The number of carbonyl (C=O) groups excluding carboxylic acids is 2. The van der Waals surface area contributed by atoms with E-state index in [1.165, 1.54) is 30.3 Å². The van der Waals surface area contributed by atoms with Gasteiger partial charge in [-0.2, -0.15) is 13.2 Å². The van der Waals surface area contributed by atoms with Crippen molar-refractivity contribution in [2.45, 2.75) is 30.3 Å². The predicted molar refractivity (Wildman–Crippen MR) is 123 cm³/mol. The maximum atomic E-state index is 13.3. The van der Waals surface area contributed by atoms with Crippen LogP contribution in [0.4, 0.5) is 18.9 Å². The van der Waals surface area contributed by atoms with Crippen molar-refractivity contribution in [2.75, 3.05) is 30.5 Å². The highest BCUT2D eigenvalue weighted by molar-refractivity contribution is 7.92. The second-order valence-corrected chi connectivity index (χ2v) is 9.78. The molecule has 0 N–H and O–H groups in total. The normalized spacial score (nSPS) is 14.3. The first-order valence-electron chi connectivity index (χ1n) is 10.9. The van der Waals surface area contributed by atoms with Gasteiger partial charge in [0, 0.05) is 13.1 Å². The minimum atomic E-state index is -4.66. The minimum Gasteiger partial charge on any atom is -0.452 e. The molecule has 1 aliphatic heterocycles. The van der Waals surface area contributed by atoms with E-state index in [-0.39, 0.29) is 28.6 Å². The highest BCUT2D eigenvalue weighted by atomic mass is 32.2. The van der Waals surface area contributed by atoms with Crippen LogP contribution >= 0.6 is 0 Å². The molecular formula is C24H25F3N2O5S. The van der Waals surface area contributed by atoms with Crippen LogP contribution in [0.5, 0.6) is 0 Å². The average Bonchev–Trinajstić information content (AvgIpc) is 2.85. The lowest BCUT2D eigenvalue weighted by Gasteiger charge is -2.26. The quantitative estimate of drug-likeness (QED) is 0.392. The number of benzene rings is 2. The maximum Gasteiger partial charge on any atom is 0.416 e. The molecule has 11 heteroatoms. The molecule has 1 heterocycles. The Kier molecular flexibility index (Phi) is 8.21. The van der Waals surface area contributed by atoms with Gasteiger partial charge in [0.05, 0.1) is 28.3 Å². The second kappa shape index (κ2) is 10.9. The lowest BCUT2D eigenvalue weighted by atomic mass is 10.1. The van der Waals surface area contributed by atoms with E-state index in [1.807, 2.05) is 0 Å². The molecule has 2 aromatic rings. The van der Waals surface area contributed by atoms with Crippen molar-refractivity contribution in [3.63, 3.8) is 0 Å². The first-order valence-corrected chi connectivity index (χ1v) is 12.3. The highest BCUT2D eigenvalue weighted by Crippen LogP contribution is 2.33. The van der Waals surface area contributed by atoms with Gasteiger partial charge >= 0.3 is 12.1 Å². The molecule has 1 fully saturated rings. The number of nitrogens with zero attached hydrogens (tertiary/aromatic N) is 2. The number of hydrogen-bond donors (Lipinski definition) is 0. The van der Waals surface area contributed by atoms with E-state index in [2.05, 4.69) is 6.58 Å². The summed E-state index contributed by atoms with van der Waals surface area (Å²) in [4.78, 5) is 26.0. The number of rotatable bonds is 8. The third-order valence-corrected chi connectivity index (χ3v) is 7.24. The number of sulfonamides is 1. The maximum absolute atomic E-state index is 13.3. The van der Waals surface area contributed by atoms with E-state index in [1.54, 1.807) is 4.90 Å². The number of hydrogen-bond acceptors (Lipinski definition) is 5. The summed E-state index contributed by atoms with van der Waals surface area (Å²) in [7, 11) is -4.37. The molecule has 7 nitrogen and oxygen atoms in total. The molecule has 0 saturated carbocycles. The molecule has 3 rings (SSSR count). The van der Waals surface area contributed by atoms with Crippen LogP contribution in [0, 0.1) is 0 Å². The summed E-state index contributed by atoms with van der Waals surface area (Å²) in [6.45, 7) is 3.91. The van der Waals surface area contributed by atoms with Crippen LogP contribution in [0.2, 0.25) is 0 Å². The van der Waals surface area contributed by atoms with Gasteiger partial charge in [-0.25, -0.2) is 13.2 Å². The fraction of sp³-hybridized carbons (Fsp3) is 0.333. The predicted octanol–water partition coefficient (Wildman–Crippen LogP) is 4.26. The molecule has 188 valence electrons. The van der Waals surface area contributed by atoms with E-state index >= 15 is 0 Å². The van der Waals surface area contributed by atoms with Gasteiger partial charge in [-0.3, -0.25) is 9.10 Å². The summed E-state index contributed by atoms with van der Waals surface area (Å²) < 4.78 is 72.0. The Balaban J connectivity index is 1.82. The van der Waals surface area contributed by atoms with Crippen molar-refractivity contribution < 1.29 is 35.9 Å². The summed E-state index contributed by atoms with van der Waals surface area (Å²) in [6.07, 6.45) is -0.620. The Hall–Kier alpha value is -3.34. The molecule has 2 aromatic carbocycles. The van der Waals surface area contributed by atoms with Gasteiger partial charge in [-0.15, -0.1) is 6.58 Å². The van der Waals surface area contributed by atoms with E-state index < -0.39 is 34.3 Å². The molecule has 0 spiro atoms. The topological polar surface area (TPSA) is 84.0 Å². The SMILES string of the molecule is C=CCN(c1cccc(C(F)(F)F)c1)S(=O)(=O)c1cccc(C(=O)OCC(=O)N2CCCCC2)c1. The van der Waals surface area contributed by atoms with Crippen LogP contribution in [0.25, 0.3) is 0 Å². The first kappa shape index (κ1) is 26.3. The van der Waals surface area contributed by atoms with Crippen molar-refractivity contribution >= 4 is 27.6 Å². The van der Waals surface area contributed by atoms with Gasteiger partial charge in [0.25, 0.3) is 15.9 Å². The Morgan fingerprint density at radius 3 is 2.40 bits per heavy atom. The molecule has 0 bridgehead atoms. The summed E-state index contributed by atoms with van der Waals surface area (Å²) in [5.41, 5.74) is -1.32. The van der Waals surface area contributed by atoms with E-state index in [0.29, 0.717) is 13.1 Å². The van der Waals surface area contributed by atoms with Crippen LogP contribution in [-0.4, -0.2) is 51.4 Å². The van der Waals surface area contributed by atoms with Crippen LogP contribution < -0.4 is 4.31 Å². The third-order valence-electron chi connectivity index (χ3n) is 5.45. The van der Waals surface area contributed by atoms with Gasteiger partial charge in [0.15, 0.2) is 6.61 Å². The molecule has 0 aromatic heterocycles. The standard InChI is InChI=1S/C24H25F3N2O5S/c1-2-12-29(20-10-7-9-19(16-20)24(25,26)27)35(32,33)21-11-6-8-18(15-21)23(31)34-17-22(30)28-13-4-3-5-14-28/h2,6-11,15-16H,1,3-5,12-14,17H2. The molecule has 0 atom stereocenters. The zero-order valence-electron chi connectivity index (χ0n) is 18.8. The highest BCUT2D eigenvalue weighted by Gasteiger charge is 2.32. The van der Waals surface area contributed by atoms with Crippen molar-refractivity contribution in [1.82, 2.24) is 4.90 Å². The Bertz CT molecular complexity index is 1190. The Morgan fingerprint density at radius 2 is 1.74 bits per heavy atom. The number of ether oxygens (including phenoxy) is 1. The summed E-state index contributed by atoms with van der Waals surface area (Å²) in [6, 6.07) is 8.83. The monoisotopic (exact) mass is 510 g/mol. The third kappa shape index (κ3) is 6.41. The van der Waals surface area contributed by atoms with Crippen LogP contribution in [0.3, 0.4) is 0 Å². The summed E-state index contributed by atoms with van der Waals surface area (Å²) in [5, 5.41) is 0. The molecule has 1 aliphatic rings. The minimum absolute atomic E-state index is 0.111. The molecule has 1 amide bonds. The zero-order valence-corrected chi connectivity index (χ0v) is 19.6. The van der Waals surface area contributed by atoms with Crippen molar-refractivity contribution in [2.24, 2.45) is 0 Å². The molecule has 35 heavy (non-hydrogen) atoms. The van der Waals surface area contributed by atoms with Gasteiger partial charge in [0.2, 0.25) is 0 Å². The first-order chi connectivity index (χ1) is 16.5. The molecule has 1 saturated heterocycles. The average molecular weight is 511 g/mol. The Labute approximate surface area is 201 Å². The second-order valence-electron chi connectivity index (χ2n) is 7.92. The van der Waals surface area contributed by atoms with Gasteiger partial charge in [0.1, 0.15) is 0 Å². The number of amides is 1. The largest absolute Gasteiger partial charge is 0.452 e. The van der Waals surface area contributed by atoms with Gasteiger partial charge in [-0.05, 0) is 55.7 Å².